The Kier molecular flexibility index (Phi) is 9.07. The second-order valence-corrected chi connectivity index (χ2v) is 8.84. The van der Waals surface area contributed by atoms with Gasteiger partial charge in [0.15, 0.2) is 0 Å². The summed E-state index contributed by atoms with van der Waals surface area (Å²) in [6, 6.07) is 23.2. The molecule has 0 aromatic heterocycles. The van der Waals surface area contributed by atoms with Gasteiger partial charge in [-0.2, -0.15) is 0 Å². The number of hydrogen-bond acceptors (Lipinski definition) is 3. The van der Waals surface area contributed by atoms with Gasteiger partial charge in [-0.3, -0.25) is 9.59 Å². The predicted molar refractivity (Wildman–Crippen MR) is 132 cm³/mol. The van der Waals surface area contributed by atoms with E-state index in [0.29, 0.717) is 17.7 Å². The topological polar surface area (TPSA) is 49.4 Å². The van der Waals surface area contributed by atoms with Crippen molar-refractivity contribution in [2.45, 2.75) is 31.7 Å². The maximum atomic E-state index is 14.5. The maximum Gasteiger partial charge on any atom is 0.242 e. The number of thioether (sulfide) groups is 1. The average molecular weight is 465 g/mol. The minimum absolute atomic E-state index is 0.0291. The molecular weight excluding hydrogens is 435 g/mol. The van der Waals surface area contributed by atoms with Gasteiger partial charge in [0.05, 0.1) is 5.75 Å². The molecule has 0 fully saturated rings. The van der Waals surface area contributed by atoms with Crippen LogP contribution in [-0.4, -0.2) is 35.6 Å². The second kappa shape index (κ2) is 12.2. The third kappa shape index (κ3) is 6.93. The first-order chi connectivity index (χ1) is 16.0. The summed E-state index contributed by atoms with van der Waals surface area (Å²) < 4.78 is 14.5. The van der Waals surface area contributed by atoms with Crippen LogP contribution in [0, 0.1) is 12.7 Å². The summed E-state index contributed by atoms with van der Waals surface area (Å²) in [5, 5.41) is 2.68. The Labute approximate surface area is 199 Å². The molecule has 0 heterocycles. The zero-order chi connectivity index (χ0) is 23.6. The molecule has 0 radical (unpaired) electrons. The van der Waals surface area contributed by atoms with Gasteiger partial charge >= 0.3 is 0 Å². The molecule has 2 amide bonds. The molecule has 0 saturated carbocycles. The molecule has 6 heteroatoms. The Morgan fingerprint density at radius 3 is 2.24 bits per heavy atom. The van der Waals surface area contributed by atoms with Crippen LogP contribution in [0.5, 0.6) is 0 Å². The number of likely N-dealkylation sites (N-methyl/N-ethyl adjacent to an activating group) is 1. The Morgan fingerprint density at radius 1 is 0.939 bits per heavy atom. The third-order valence-electron chi connectivity index (χ3n) is 5.56. The number of carbonyl (C=O) groups is 2. The average Bonchev–Trinajstić information content (AvgIpc) is 2.83. The van der Waals surface area contributed by atoms with E-state index in [1.165, 1.54) is 33.9 Å². The molecule has 0 spiro atoms. The zero-order valence-corrected chi connectivity index (χ0v) is 19.8. The van der Waals surface area contributed by atoms with Gasteiger partial charge in [0.25, 0.3) is 0 Å². The third-order valence-corrected chi connectivity index (χ3v) is 6.53. The SMILES string of the molecule is CNC(=O)[C@@H](Cc1ccccc1)N(Cc1ccccc1F)C(=O)CSCc1ccccc1C. The standard InChI is InChI=1S/C27H29FN2O2S/c1-20-10-6-7-14-23(20)18-33-19-26(31)30(17-22-13-8-9-15-24(22)28)25(27(32)29-2)16-21-11-4-3-5-12-21/h3-15,25H,16-19H2,1-2H3,(H,29,32)/t25-/m1/s1. The first kappa shape index (κ1) is 24.5. The van der Waals surface area contributed by atoms with E-state index in [9.17, 15) is 14.0 Å². The van der Waals surface area contributed by atoms with Gasteiger partial charge in [-0.25, -0.2) is 4.39 Å². The van der Waals surface area contributed by atoms with Gasteiger partial charge in [-0.05, 0) is 29.7 Å². The number of benzene rings is 3. The highest BCUT2D eigenvalue weighted by Crippen LogP contribution is 2.20. The highest BCUT2D eigenvalue weighted by atomic mass is 32.2. The number of halogens is 1. The van der Waals surface area contributed by atoms with Crippen LogP contribution in [0.4, 0.5) is 4.39 Å². The van der Waals surface area contributed by atoms with Crippen molar-refractivity contribution in [3.05, 3.63) is 107 Å². The van der Waals surface area contributed by atoms with E-state index in [0.717, 1.165) is 5.56 Å². The lowest BCUT2D eigenvalue weighted by Gasteiger charge is -2.31. The molecule has 0 aliphatic carbocycles. The molecule has 3 rings (SSSR count). The predicted octanol–water partition coefficient (Wildman–Crippen LogP) is 4.75. The van der Waals surface area contributed by atoms with Crippen LogP contribution < -0.4 is 5.32 Å². The molecule has 3 aromatic rings. The summed E-state index contributed by atoms with van der Waals surface area (Å²) in [5.74, 6) is 0.0346. The first-order valence-corrected chi connectivity index (χ1v) is 12.1. The van der Waals surface area contributed by atoms with E-state index in [2.05, 4.69) is 5.32 Å². The van der Waals surface area contributed by atoms with Crippen molar-refractivity contribution in [1.29, 1.82) is 0 Å². The summed E-state index contributed by atoms with van der Waals surface area (Å²) in [4.78, 5) is 27.8. The van der Waals surface area contributed by atoms with Crippen LogP contribution in [0.2, 0.25) is 0 Å². The fraction of sp³-hybridized carbons (Fsp3) is 0.259. The van der Waals surface area contributed by atoms with Gasteiger partial charge in [-0.1, -0.05) is 72.8 Å². The largest absolute Gasteiger partial charge is 0.357 e. The van der Waals surface area contributed by atoms with Crippen LogP contribution in [0.15, 0.2) is 78.9 Å². The number of aryl methyl sites for hydroxylation is 1. The number of nitrogens with zero attached hydrogens (tertiary/aromatic N) is 1. The van der Waals surface area contributed by atoms with E-state index in [4.69, 9.17) is 0 Å². The van der Waals surface area contributed by atoms with Gasteiger partial charge < -0.3 is 10.2 Å². The van der Waals surface area contributed by atoms with Crippen LogP contribution in [-0.2, 0) is 28.3 Å². The second-order valence-electron chi connectivity index (χ2n) is 7.85. The van der Waals surface area contributed by atoms with Crippen molar-refractivity contribution in [3.63, 3.8) is 0 Å². The first-order valence-electron chi connectivity index (χ1n) is 10.9. The monoisotopic (exact) mass is 464 g/mol. The van der Waals surface area contributed by atoms with Crippen molar-refractivity contribution in [1.82, 2.24) is 10.2 Å². The summed E-state index contributed by atoms with van der Waals surface area (Å²) in [6.07, 6.45) is 0.350. The molecule has 172 valence electrons. The molecular formula is C27H29FN2O2S. The normalized spacial score (nSPS) is 11.6. The number of hydrogen-bond donors (Lipinski definition) is 1. The maximum absolute atomic E-state index is 14.5. The smallest absolute Gasteiger partial charge is 0.242 e. The highest BCUT2D eigenvalue weighted by Gasteiger charge is 2.30. The fourth-order valence-corrected chi connectivity index (χ4v) is 4.62. The molecule has 1 N–H and O–H groups in total. The number of rotatable bonds is 10. The molecule has 3 aromatic carbocycles. The molecule has 0 unspecified atom stereocenters. The summed E-state index contributed by atoms with van der Waals surface area (Å²) in [7, 11) is 1.55. The molecule has 0 aliphatic rings. The van der Waals surface area contributed by atoms with Gasteiger partial charge in [0.2, 0.25) is 11.8 Å². The number of nitrogens with one attached hydrogen (secondary N) is 1. The summed E-state index contributed by atoms with van der Waals surface area (Å²) in [6.45, 7) is 2.07. The lowest BCUT2D eigenvalue weighted by atomic mass is 10.0. The van der Waals surface area contributed by atoms with E-state index in [-0.39, 0.29) is 24.1 Å². The number of amides is 2. The molecule has 0 saturated heterocycles. The van der Waals surface area contributed by atoms with Crippen molar-refractivity contribution in [3.8, 4) is 0 Å². The van der Waals surface area contributed by atoms with E-state index >= 15 is 0 Å². The zero-order valence-electron chi connectivity index (χ0n) is 19.0. The van der Waals surface area contributed by atoms with Gasteiger partial charge in [0.1, 0.15) is 11.9 Å². The van der Waals surface area contributed by atoms with Gasteiger partial charge in [-0.15, -0.1) is 11.8 Å². The van der Waals surface area contributed by atoms with Crippen molar-refractivity contribution < 1.29 is 14.0 Å². The Hall–Kier alpha value is -3.12. The Balaban J connectivity index is 1.83. The molecule has 33 heavy (non-hydrogen) atoms. The highest BCUT2D eigenvalue weighted by molar-refractivity contribution is 7.99. The van der Waals surface area contributed by atoms with Crippen molar-refractivity contribution in [2.24, 2.45) is 0 Å². The Morgan fingerprint density at radius 2 is 1.58 bits per heavy atom. The molecule has 0 aliphatic heterocycles. The molecule has 4 nitrogen and oxygen atoms in total. The lowest BCUT2D eigenvalue weighted by Crippen LogP contribution is -2.50. The van der Waals surface area contributed by atoms with Crippen molar-refractivity contribution in [2.75, 3.05) is 12.8 Å². The number of carbonyl (C=O) groups excluding carboxylic acids is 2. The minimum atomic E-state index is -0.747. The van der Waals surface area contributed by atoms with Crippen LogP contribution >= 0.6 is 11.8 Å². The van der Waals surface area contributed by atoms with E-state index in [1.807, 2.05) is 61.5 Å². The minimum Gasteiger partial charge on any atom is -0.357 e. The fourth-order valence-electron chi connectivity index (χ4n) is 3.63. The molecule has 0 bridgehead atoms. The van der Waals surface area contributed by atoms with Gasteiger partial charge in [0, 0.05) is 31.3 Å². The van der Waals surface area contributed by atoms with E-state index in [1.54, 1.807) is 25.2 Å². The van der Waals surface area contributed by atoms with Crippen LogP contribution in [0.3, 0.4) is 0 Å². The summed E-state index contributed by atoms with van der Waals surface area (Å²) in [5.41, 5.74) is 3.66. The van der Waals surface area contributed by atoms with E-state index < -0.39 is 11.9 Å². The Bertz CT molecular complexity index is 1070. The summed E-state index contributed by atoms with van der Waals surface area (Å²) >= 11 is 1.50. The van der Waals surface area contributed by atoms with Crippen LogP contribution in [0.25, 0.3) is 0 Å². The van der Waals surface area contributed by atoms with Crippen molar-refractivity contribution >= 4 is 23.6 Å². The van der Waals surface area contributed by atoms with Crippen LogP contribution in [0.1, 0.15) is 22.3 Å². The quantitative estimate of drug-likeness (QED) is 0.471. The lowest BCUT2D eigenvalue weighted by molar-refractivity contribution is -0.139. The molecule has 1 atom stereocenters.